The summed E-state index contributed by atoms with van der Waals surface area (Å²) in [6.45, 7) is 4.08. The van der Waals surface area contributed by atoms with E-state index in [2.05, 4.69) is 4.57 Å². The number of aromatic nitrogens is 1. The molecule has 1 heterocycles. The Morgan fingerprint density at radius 3 is 2.31 bits per heavy atom. The SMILES string of the molecule is Cc1cccn1[C@@H](C)[C@H](O)c1ccccc1. The summed E-state index contributed by atoms with van der Waals surface area (Å²) in [5.41, 5.74) is 2.13. The fourth-order valence-electron chi connectivity index (χ4n) is 2.02. The Labute approximate surface area is 96.2 Å². The second kappa shape index (κ2) is 4.54. The average molecular weight is 215 g/mol. The van der Waals surface area contributed by atoms with Gasteiger partial charge in [0.1, 0.15) is 0 Å². The summed E-state index contributed by atoms with van der Waals surface area (Å²) in [6.07, 6.45) is 1.54. The predicted octanol–water partition coefficient (Wildman–Crippen LogP) is 3.09. The standard InChI is InChI=1S/C14H17NO/c1-11-7-6-10-15(11)12(2)14(16)13-8-4-3-5-9-13/h3-10,12,14,16H,1-2H3/t12-,14-/m0/s1. The maximum atomic E-state index is 10.3. The van der Waals surface area contributed by atoms with Gasteiger partial charge < -0.3 is 9.67 Å². The highest BCUT2D eigenvalue weighted by Gasteiger charge is 2.17. The van der Waals surface area contributed by atoms with Gasteiger partial charge in [0.05, 0.1) is 12.1 Å². The van der Waals surface area contributed by atoms with Crippen molar-refractivity contribution in [1.29, 1.82) is 0 Å². The van der Waals surface area contributed by atoms with Gasteiger partial charge in [-0.1, -0.05) is 30.3 Å². The summed E-state index contributed by atoms with van der Waals surface area (Å²) in [4.78, 5) is 0. The third-order valence-electron chi connectivity index (χ3n) is 3.03. The molecule has 1 aromatic carbocycles. The third kappa shape index (κ3) is 2.02. The first kappa shape index (κ1) is 11.0. The number of nitrogens with zero attached hydrogens (tertiary/aromatic N) is 1. The van der Waals surface area contributed by atoms with Gasteiger partial charge in [-0.25, -0.2) is 0 Å². The molecular weight excluding hydrogens is 198 g/mol. The highest BCUT2D eigenvalue weighted by atomic mass is 16.3. The average Bonchev–Trinajstić information content (AvgIpc) is 2.75. The minimum Gasteiger partial charge on any atom is -0.386 e. The molecule has 0 aliphatic heterocycles. The fourth-order valence-corrected chi connectivity index (χ4v) is 2.02. The van der Waals surface area contributed by atoms with Gasteiger partial charge in [0.2, 0.25) is 0 Å². The fraction of sp³-hybridized carbons (Fsp3) is 0.286. The van der Waals surface area contributed by atoms with Crippen LogP contribution in [-0.4, -0.2) is 9.67 Å². The van der Waals surface area contributed by atoms with Gasteiger partial charge in [0.25, 0.3) is 0 Å². The van der Waals surface area contributed by atoms with Crippen molar-refractivity contribution in [2.75, 3.05) is 0 Å². The number of aliphatic hydroxyl groups is 1. The number of rotatable bonds is 3. The summed E-state index contributed by atoms with van der Waals surface area (Å²) in [6, 6.07) is 13.9. The molecule has 2 atom stereocenters. The van der Waals surface area contributed by atoms with Crippen LogP contribution in [0.2, 0.25) is 0 Å². The summed E-state index contributed by atoms with van der Waals surface area (Å²) < 4.78 is 2.09. The van der Waals surface area contributed by atoms with Crippen molar-refractivity contribution in [2.45, 2.75) is 26.0 Å². The molecule has 2 aromatic rings. The topological polar surface area (TPSA) is 25.2 Å². The highest BCUT2D eigenvalue weighted by molar-refractivity contribution is 5.19. The van der Waals surface area contributed by atoms with E-state index in [0.717, 1.165) is 5.56 Å². The molecule has 2 rings (SSSR count). The molecule has 0 aliphatic carbocycles. The molecular formula is C14H17NO. The van der Waals surface area contributed by atoms with Crippen molar-refractivity contribution in [3.05, 3.63) is 59.9 Å². The Hall–Kier alpha value is -1.54. The van der Waals surface area contributed by atoms with Crippen molar-refractivity contribution in [3.63, 3.8) is 0 Å². The zero-order valence-corrected chi connectivity index (χ0v) is 9.67. The van der Waals surface area contributed by atoms with Crippen LogP contribution >= 0.6 is 0 Å². The first-order valence-corrected chi connectivity index (χ1v) is 5.56. The van der Waals surface area contributed by atoms with E-state index in [4.69, 9.17) is 0 Å². The Morgan fingerprint density at radius 1 is 1.06 bits per heavy atom. The molecule has 1 N–H and O–H groups in total. The van der Waals surface area contributed by atoms with Crippen LogP contribution in [-0.2, 0) is 0 Å². The van der Waals surface area contributed by atoms with Gasteiger partial charge in [-0.05, 0) is 31.5 Å². The first-order chi connectivity index (χ1) is 7.70. The number of benzene rings is 1. The summed E-state index contributed by atoms with van der Waals surface area (Å²) in [5.74, 6) is 0. The Kier molecular flexibility index (Phi) is 3.11. The van der Waals surface area contributed by atoms with Crippen LogP contribution in [0.3, 0.4) is 0 Å². The van der Waals surface area contributed by atoms with Crippen LogP contribution in [0.15, 0.2) is 48.7 Å². The van der Waals surface area contributed by atoms with E-state index in [0.29, 0.717) is 0 Å². The lowest BCUT2D eigenvalue weighted by atomic mass is 10.0. The van der Waals surface area contributed by atoms with Crippen molar-refractivity contribution >= 4 is 0 Å². The third-order valence-corrected chi connectivity index (χ3v) is 3.03. The molecule has 2 heteroatoms. The molecule has 0 aliphatic rings. The number of aliphatic hydroxyl groups excluding tert-OH is 1. The molecule has 0 spiro atoms. The minimum atomic E-state index is -0.465. The zero-order chi connectivity index (χ0) is 11.5. The van der Waals surface area contributed by atoms with Gasteiger partial charge in [0.15, 0.2) is 0 Å². The lowest BCUT2D eigenvalue weighted by molar-refractivity contribution is 0.121. The second-order valence-electron chi connectivity index (χ2n) is 4.15. The van der Waals surface area contributed by atoms with Gasteiger partial charge in [-0.3, -0.25) is 0 Å². The summed E-state index contributed by atoms with van der Waals surface area (Å²) >= 11 is 0. The normalized spacial score (nSPS) is 14.7. The Bertz CT molecular complexity index is 447. The number of hydrogen-bond donors (Lipinski definition) is 1. The summed E-state index contributed by atoms with van der Waals surface area (Å²) in [7, 11) is 0. The largest absolute Gasteiger partial charge is 0.386 e. The highest BCUT2D eigenvalue weighted by Crippen LogP contribution is 2.26. The molecule has 16 heavy (non-hydrogen) atoms. The Morgan fingerprint density at radius 2 is 1.75 bits per heavy atom. The van der Waals surface area contributed by atoms with Gasteiger partial charge in [-0.15, -0.1) is 0 Å². The lowest BCUT2D eigenvalue weighted by Crippen LogP contribution is -2.14. The van der Waals surface area contributed by atoms with E-state index in [9.17, 15) is 5.11 Å². The van der Waals surface area contributed by atoms with E-state index in [1.807, 2.05) is 62.5 Å². The van der Waals surface area contributed by atoms with E-state index in [1.165, 1.54) is 5.69 Å². The second-order valence-corrected chi connectivity index (χ2v) is 4.15. The molecule has 0 unspecified atom stereocenters. The van der Waals surface area contributed by atoms with Crippen molar-refractivity contribution < 1.29 is 5.11 Å². The maximum Gasteiger partial charge on any atom is 0.0994 e. The van der Waals surface area contributed by atoms with Crippen LogP contribution in [0.1, 0.15) is 30.3 Å². The molecule has 1 aromatic heterocycles. The van der Waals surface area contributed by atoms with E-state index in [1.54, 1.807) is 0 Å². The first-order valence-electron chi connectivity index (χ1n) is 5.56. The van der Waals surface area contributed by atoms with Crippen LogP contribution in [0.5, 0.6) is 0 Å². The smallest absolute Gasteiger partial charge is 0.0994 e. The van der Waals surface area contributed by atoms with Crippen LogP contribution < -0.4 is 0 Å². The van der Waals surface area contributed by atoms with E-state index < -0.39 is 6.10 Å². The van der Waals surface area contributed by atoms with E-state index in [-0.39, 0.29) is 6.04 Å². The molecule has 0 saturated carbocycles. The monoisotopic (exact) mass is 215 g/mol. The van der Waals surface area contributed by atoms with Gasteiger partial charge >= 0.3 is 0 Å². The van der Waals surface area contributed by atoms with Gasteiger partial charge in [0, 0.05) is 11.9 Å². The quantitative estimate of drug-likeness (QED) is 0.836. The molecule has 0 fully saturated rings. The van der Waals surface area contributed by atoms with Crippen molar-refractivity contribution in [2.24, 2.45) is 0 Å². The van der Waals surface area contributed by atoms with Crippen molar-refractivity contribution in [3.8, 4) is 0 Å². The van der Waals surface area contributed by atoms with E-state index >= 15 is 0 Å². The molecule has 0 bridgehead atoms. The minimum absolute atomic E-state index is 0.0531. The van der Waals surface area contributed by atoms with Crippen LogP contribution in [0, 0.1) is 6.92 Å². The molecule has 0 radical (unpaired) electrons. The molecule has 0 amide bonds. The zero-order valence-electron chi connectivity index (χ0n) is 9.67. The summed E-state index contributed by atoms with van der Waals surface area (Å²) in [5, 5.41) is 10.3. The lowest BCUT2D eigenvalue weighted by Gasteiger charge is -2.22. The van der Waals surface area contributed by atoms with Gasteiger partial charge in [-0.2, -0.15) is 0 Å². The molecule has 84 valence electrons. The Balaban J connectivity index is 2.23. The number of aryl methyl sites for hydroxylation is 1. The van der Waals surface area contributed by atoms with Crippen molar-refractivity contribution in [1.82, 2.24) is 4.57 Å². The van der Waals surface area contributed by atoms with Crippen LogP contribution in [0.4, 0.5) is 0 Å². The molecule has 0 saturated heterocycles. The maximum absolute atomic E-state index is 10.3. The van der Waals surface area contributed by atoms with Crippen LogP contribution in [0.25, 0.3) is 0 Å². The predicted molar refractivity (Wildman–Crippen MR) is 65.3 cm³/mol. The molecule has 2 nitrogen and oxygen atoms in total. The number of hydrogen-bond acceptors (Lipinski definition) is 1.